The second-order valence-corrected chi connectivity index (χ2v) is 8.06. The van der Waals surface area contributed by atoms with E-state index in [4.69, 9.17) is 11.6 Å². The lowest BCUT2D eigenvalue weighted by atomic mass is 10.1. The number of hydrogen-bond acceptors (Lipinski definition) is 4. The van der Waals surface area contributed by atoms with Crippen molar-refractivity contribution in [1.29, 1.82) is 0 Å². The van der Waals surface area contributed by atoms with E-state index in [-0.39, 0.29) is 9.92 Å². The monoisotopic (exact) mass is 380 g/mol. The van der Waals surface area contributed by atoms with Crippen molar-refractivity contribution in [1.82, 2.24) is 4.72 Å². The standard InChI is InChI=1S/C18H20ClNO4S/c1-11-8-12(2)18(13(3)9-11)25(23,24)20-16(10-17(21)22)14-6-4-5-7-15(14)19/h4-9,16,20H,10H2,1-3H3,(H,21,22)/p-1/t16-/m0/s1. The lowest BCUT2D eigenvalue weighted by Crippen LogP contribution is -2.35. The van der Waals surface area contributed by atoms with Crippen LogP contribution in [0.3, 0.4) is 0 Å². The number of carboxylic acid groups (broad SMARTS) is 1. The van der Waals surface area contributed by atoms with Gasteiger partial charge in [-0.15, -0.1) is 0 Å². The van der Waals surface area contributed by atoms with Crippen LogP contribution in [0.1, 0.15) is 34.7 Å². The maximum absolute atomic E-state index is 12.9. The molecule has 0 aliphatic rings. The van der Waals surface area contributed by atoms with Gasteiger partial charge in [-0.2, -0.15) is 0 Å². The van der Waals surface area contributed by atoms with E-state index in [0.717, 1.165) is 5.56 Å². The average Bonchev–Trinajstić information content (AvgIpc) is 2.44. The van der Waals surface area contributed by atoms with Gasteiger partial charge in [0.25, 0.3) is 0 Å². The summed E-state index contributed by atoms with van der Waals surface area (Å²) >= 11 is 6.11. The maximum atomic E-state index is 12.9. The highest BCUT2D eigenvalue weighted by molar-refractivity contribution is 7.89. The number of aryl methyl sites for hydroxylation is 3. The largest absolute Gasteiger partial charge is 0.550 e. The van der Waals surface area contributed by atoms with Crippen LogP contribution in [0, 0.1) is 20.8 Å². The second-order valence-electron chi connectivity index (χ2n) is 6.00. The third-order valence-corrected chi connectivity index (χ3v) is 5.94. The van der Waals surface area contributed by atoms with Crippen molar-refractivity contribution >= 4 is 27.6 Å². The molecule has 0 saturated heterocycles. The number of carbonyl (C=O) groups is 1. The molecule has 0 amide bonds. The van der Waals surface area contributed by atoms with E-state index >= 15 is 0 Å². The third kappa shape index (κ3) is 4.60. The Morgan fingerprint density at radius 1 is 1.16 bits per heavy atom. The van der Waals surface area contributed by atoms with E-state index in [9.17, 15) is 18.3 Å². The molecular formula is C18H19ClNO4S-. The zero-order valence-corrected chi connectivity index (χ0v) is 15.7. The summed E-state index contributed by atoms with van der Waals surface area (Å²) in [7, 11) is -3.95. The molecule has 0 saturated carbocycles. The number of aliphatic carboxylic acids is 1. The minimum absolute atomic E-state index is 0.147. The fourth-order valence-electron chi connectivity index (χ4n) is 2.98. The lowest BCUT2D eigenvalue weighted by molar-refractivity contribution is -0.306. The molecule has 0 heterocycles. The highest BCUT2D eigenvalue weighted by Crippen LogP contribution is 2.28. The summed E-state index contributed by atoms with van der Waals surface area (Å²) in [5.74, 6) is -1.37. The molecule has 5 nitrogen and oxygen atoms in total. The molecule has 0 radical (unpaired) electrons. The van der Waals surface area contributed by atoms with Crippen LogP contribution in [0.4, 0.5) is 0 Å². The van der Waals surface area contributed by atoms with Gasteiger partial charge >= 0.3 is 0 Å². The molecule has 0 bridgehead atoms. The predicted molar refractivity (Wildman–Crippen MR) is 94.8 cm³/mol. The first kappa shape index (κ1) is 19.4. The molecule has 1 N–H and O–H groups in total. The van der Waals surface area contributed by atoms with Gasteiger partial charge in [0.15, 0.2) is 0 Å². The van der Waals surface area contributed by atoms with Crippen molar-refractivity contribution in [2.24, 2.45) is 0 Å². The molecule has 0 fully saturated rings. The summed E-state index contributed by atoms with van der Waals surface area (Å²) in [6.07, 6.45) is -0.521. The Morgan fingerprint density at radius 2 is 1.72 bits per heavy atom. The van der Waals surface area contributed by atoms with Crippen LogP contribution in [0.5, 0.6) is 0 Å². The van der Waals surface area contributed by atoms with Crippen LogP contribution < -0.4 is 9.83 Å². The highest BCUT2D eigenvalue weighted by atomic mass is 35.5. The molecule has 2 aromatic carbocycles. The smallest absolute Gasteiger partial charge is 0.241 e. The number of carboxylic acids is 1. The van der Waals surface area contributed by atoms with E-state index in [2.05, 4.69) is 4.72 Å². The summed E-state index contributed by atoms with van der Waals surface area (Å²) < 4.78 is 28.3. The van der Waals surface area contributed by atoms with Gasteiger partial charge in [0, 0.05) is 17.4 Å². The van der Waals surface area contributed by atoms with Crippen molar-refractivity contribution in [3.63, 3.8) is 0 Å². The molecule has 0 aromatic heterocycles. The number of benzene rings is 2. The molecule has 134 valence electrons. The fourth-order valence-corrected chi connectivity index (χ4v) is 4.91. The van der Waals surface area contributed by atoms with Gasteiger partial charge in [0.05, 0.1) is 10.9 Å². The maximum Gasteiger partial charge on any atom is 0.241 e. The van der Waals surface area contributed by atoms with Crippen molar-refractivity contribution in [3.05, 3.63) is 63.7 Å². The molecule has 7 heteroatoms. The van der Waals surface area contributed by atoms with E-state index in [1.54, 1.807) is 50.2 Å². The number of carbonyl (C=O) groups excluding carboxylic acids is 1. The summed E-state index contributed by atoms with van der Waals surface area (Å²) in [6, 6.07) is 9.03. The normalized spacial score (nSPS) is 12.8. The highest BCUT2D eigenvalue weighted by Gasteiger charge is 2.26. The van der Waals surface area contributed by atoms with E-state index in [1.165, 1.54) is 0 Å². The first-order valence-corrected chi connectivity index (χ1v) is 9.52. The second kappa shape index (κ2) is 7.56. The van der Waals surface area contributed by atoms with Crippen LogP contribution >= 0.6 is 11.6 Å². The minimum atomic E-state index is -3.95. The number of rotatable bonds is 6. The fraction of sp³-hybridized carbons (Fsp3) is 0.278. The number of nitrogens with one attached hydrogen (secondary N) is 1. The number of halogens is 1. The van der Waals surface area contributed by atoms with Gasteiger partial charge in [0.1, 0.15) is 0 Å². The molecule has 0 unspecified atom stereocenters. The van der Waals surface area contributed by atoms with Crippen molar-refractivity contribution in [2.75, 3.05) is 0 Å². The topological polar surface area (TPSA) is 86.3 Å². The molecular weight excluding hydrogens is 362 g/mol. The van der Waals surface area contributed by atoms with Crippen molar-refractivity contribution in [3.8, 4) is 0 Å². The Bertz CT molecular complexity index is 886. The zero-order valence-electron chi connectivity index (χ0n) is 14.2. The summed E-state index contributed by atoms with van der Waals surface area (Å²) in [6.45, 7) is 5.29. The summed E-state index contributed by atoms with van der Waals surface area (Å²) in [5.41, 5.74) is 2.53. The summed E-state index contributed by atoms with van der Waals surface area (Å²) in [5, 5.41) is 11.4. The Labute approximate surface area is 152 Å². The van der Waals surface area contributed by atoms with E-state index in [0.29, 0.717) is 16.7 Å². The molecule has 25 heavy (non-hydrogen) atoms. The van der Waals surface area contributed by atoms with Crippen LogP contribution in [-0.2, 0) is 14.8 Å². The van der Waals surface area contributed by atoms with E-state index in [1.807, 2.05) is 6.92 Å². The van der Waals surface area contributed by atoms with Crippen LogP contribution in [0.15, 0.2) is 41.3 Å². The Hall–Kier alpha value is -1.89. The van der Waals surface area contributed by atoms with Crippen LogP contribution in [-0.4, -0.2) is 14.4 Å². The molecule has 0 spiro atoms. The van der Waals surface area contributed by atoms with Crippen LogP contribution in [0.2, 0.25) is 5.02 Å². The first-order valence-electron chi connectivity index (χ1n) is 7.66. The predicted octanol–water partition coefficient (Wildman–Crippen LogP) is 2.42. The zero-order chi connectivity index (χ0) is 18.8. The molecule has 1 atom stereocenters. The number of sulfonamides is 1. The summed E-state index contributed by atoms with van der Waals surface area (Å²) in [4.78, 5) is 11.3. The van der Waals surface area contributed by atoms with Crippen molar-refractivity contribution in [2.45, 2.75) is 38.1 Å². The Balaban J connectivity index is 2.48. The minimum Gasteiger partial charge on any atom is -0.550 e. The van der Waals surface area contributed by atoms with Gasteiger partial charge in [-0.3, -0.25) is 0 Å². The van der Waals surface area contributed by atoms with Gasteiger partial charge in [-0.05, 0) is 43.5 Å². The third-order valence-electron chi connectivity index (χ3n) is 3.82. The SMILES string of the molecule is Cc1cc(C)c(S(=O)(=O)N[C@@H](CC(=O)[O-])c2ccccc2Cl)c(C)c1. The van der Waals surface area contributed by atoms with Crippen molar-refractivity contribution < 1.29 is 18.3 Å². The lowest BCUT2D eigenvalue weighted by Gasteiger charge is -2.22. The van der Waals surface area contributed by atoms with Crippen LogP contribution in [0.25, 0.3) is 0 Å². The Morgan fingerprint density at radius 3 is 2.24 bits per heavy atom. The average molecular weight is 381 g/mol. The van der Waals surface area contributed by atoms with Gasteiger partial charge in [0.2, 0.25) is 10.0 Å². The van der Waals surface area contributed by atoms with E-state index < -0.39 is 28.5 Å². The van der Waals surface area contributed by atoms with Gasteiger partial charge < -0.3 is 9.90 Å². The Kier molecular flexibility index (Phi) is 5.87. The molecule has 0 aliphatic carbocycles. The van der Waals surface area contributed by atoms with Gasteiger partial charge in [-0.1, -0.05) is 47.5 Å². The molecule has 2 aromatic rings. The first-order chi connectivity index (χ1) is 11.6. The van der Waals surface area contributed by atoms with Gasteiger partial charge in [-0.25, -0.2) is 13.1 Å². The quantitative estimate of drug-likeness (QED) is 0.833. The molecule has 0 aliphatic heterocycles. The molecule has 2 rings (SSSR count). The number of hydrogen-bond donors (Lipinski definition) is 1.